The quantitative estimate of drug-likeness (QED) is 0.107. The molecule has 0 aliphatic carbocycles. The first-order chi connectivity index (χ1) is 34.8. The number of hydrogen-bond donors (Lipinski definition) is 0. The molecule has 0 fully saturated rings. The van der Waals surface area contributed by atoms with Crippen LogP contribution < -0.4 is 20.7 Å². The van der Waals surface area contributed by atoms with Crippen molar-refractivity contribution in [3.8, 4) is 28.2 Å². The van der Waals surface area contributed by atoms with Crippen molar-refractivity contribution >= 4 is 94.2 Å². The third-order valence-corrected chi connectivity index (χ3v) is 19.6. The molecule has 14 rings (SSSR count). The molecular weight excluding hydrogens is 863 g/mol. The van der Waals surface area contributed by atoms with Crippen LogP contribution in [-0.2, 0) is 0 Å². The second kappa shape index (κ2) is 16.1. The first-order valence-electron chi connectivity index (χ1n) is 24.2. The van der Waals surface area contributed by atoms with Crippen molar-refractivity contribution in [3.63, 3.8) is 0 Å². The van der Waals surface area contributed by atoms with Gasteiger partial charge in [0.15, 0.2) is 8.07 Å². The first kappa shape index (κ1) is 40.1. The molecule has 0 saturated heterocycles. The van der Waals surface area contributed by atoms with Crippen LogP contribution in [-0.4, -0.2) is 21.8 Å². The van der Waals surface area contributed by atoms with Crippen molar-refractivity contribution in [2.75, 3.05) is 0 Å². The molecule has 70 heavy (non-hydrogen) atoms. The third-order valence-electron chi connectivity index (χ3n) is 14.8. The molecule has 0 N–H and O–H groups in total. The van der Waals surface area contributed by atoms with Crippen LogP contribution in [0.2, 0.25) is 0 Å². The summed E-state index contributed by atoms with van der Waals surface area (Å²) in [5.41, 5.74) is 12.8. The van der Waals surface area contributed by atoms with E-state index in [1.165, 1.54) is 86.3 Å². The van der Waals surface area contributed by atoms with Gasteiger partial charge in [-0.1, -0.05) is 224 Å². The van der Waals surface area contributed by atoms with Crippen molar-refractivity contribution in [1.82, 2.24) is 13.7 Å². The minimum absolute atomic E-state index is 1.12. The highest BCUT2D eigenvalue weighted by atomic mass is 28.3. The molecule has 3 nitrogen and oxygen atoms in total. The summed E-state index contributed by atoms with van der Waals surface area (Å²) in [4.78, 5) is 0. The molecule has 328 valence electrons. The normalized spacial score (nSPS) is 12.0. The summed E-state index contributed by atoms with van der Waals surface area (Å²) < 4.78 is 7.57. The van der Waals surface area contributed by atoms with Gasteiger partial charge >= 0.3 is 0 Å². The molecule has 0 bridgehead atoms. The van der Waals surface area contributed by atoms with E-state index >= 15 is 0 Å². The second-order valence-corrected chi connectivity index (χ2v) is 22.1. The van der Waals surface area contributed by atoms with Crippen LogP contribution in [0.25, 0.3) is 93.6 Å². The fraction of sp³-hybridized carbons (Fsp3) is 0. The summed E-state index contributed by atoms with van der Waals surface area (Å²) in [5.74, 6) is 0. The molecule has 0 aliphatic rings. The summed E-state index contributed by atoms with van der Waals surface area (Å²) in [6, 6.07) is 102. The topological polar surface area (TPSA) is 14.8 Å². The number of para-hydroxylation sites is 5. The lowest BCUT2D eigenvalue weighted by Gasteiger charge is -2.35. The van der Waals surface area contributed by atoms with Crippen LogP contribution in [0.3, 0.4) is 0 Å². The van der Waals surface area contributed by atoms with Gasteiger partial charge in [0.05, 0.1) is 44.5 Å². The van der Waals surface area contributed by atoms with Crippen LogP contribution in [0.5, 0.6) is 0 Å². The summed E-state index contributed by atoms with van der Waals surface area (Å²) in [6.45, 7) is 0. The fourth-order valence-corrected chi connectivity index (χ4v) is 17.0. The van der Waals surface area contributed by atoms with E-state index in [-0.39, 0.29) is 0 Å². The zero-order valence-corrected chi connectivity index (χ0v) is 39.3. The SMILES string of the molecule is c1ccc(-c2ccccc2-n2c3ccccc3c3cccc(-n4c5cc(-n6c7ccccc7c7ccccc76)ccc5c5c([Si](c6ccccc6)(c6ccccc6)c6ccccc6)cccc54)c32)cc1. The Kier molecular flexibility index (Phi) is 9.23. The molecule has 0 aliphatic heterocycles. The largest absolute Gasteiger partial charge is 0.309 e. The maximum Gasteiger partial charge on any atom is 0.180 e. The average Bonchev–Trinajstić information content (AvgIpc) is 4.08. The van der Waals surface area contributed by atoms with Crippen molar-refractivity contribution in [3.05, 3.63) is 273 Å². The molecule has 0 spiro atoms. The maximum absolute atomic E-state index is 3.02. The lowest BCUT2D eigenvalue weighted by Crippen LogP contribution is -2.74. The van der Waals surface area contributed by atoms with Crippen LogP contribution in [0, 0.1) is 0 Å². The summed E-state index contributed by atoms with van der Waals surface area (Å²) in [6.07, 6.45) is 0. The van der Waals surface area contributed by atoms with Crippen LogP contribution in [0.15, 0.2) is 273 Å². The highest BCUT2D eigenvalue weighted by molar-refractivity contribution is 7.20. The number of fused-ring (bicyclic) bond motifs is 9. The molecule has 0 saturated carbocycles. The van der Waals surface area contributed by atoms with Crippen molar-refractivity contribution in [1.29, 1.82) is 0 Å². The first-order valence-corrected chi connectivity index (χ1v) is 26.2. The number of benzene rings is 11. The Balaban J connectivity index is 1.17. The van der Waals surface area contributed by atoms with E-state index in [0.717, 1.165) is 28.1 Å². The van der Waals surface area contributed by atoms with E-state index in [2.05, 4.69) is 287 Å². The van der Waals surface area contributed by atoms with Gasteiger partial charge in [-0.05, 0) is 74.8 Å². The molecule has 3 aromatic heterocycles. The summed E-state index contributed by atoms with van der Waals surface area (Å²) in [5, 5.41) is 12.8. The Morgan fingerprint density at radius 1 is 0.271 bits per heavy atom. The molecule has 0 atom stereocenters. The lowest BCUT2D eigenvalue weighted by atomic mass is 10.0. The molecule has 11 aromatic carbocycles. The van der Waals surface area contributed by atoms with Gasteiger partial charge in [0.25, 0.3) is 0 Å². The molecule has 0 unspecified atom stereocenters. The monoisotopic (exact) mass is 907 g/mol. The Bertz CT molecular complexity index is 4130. The molecule has 0 amide bonds. The highest BCUT2D eigenvalue weighted by Gasteiger charge is 2.43. The molecule has 0 radical (unpaired) electrons. The number of nitrogens with zero attached hydrogens (tertiary/aromatic N) is 3. The van der Waals surface area contributed by atoms with Gasteiger partial charge in [-0.15, -0.1) is 0 Å². The van der Waals surface area contributed by atoms with Gasteiger partial charge in [-0.3, -0.25) is 0 Å². The van der Waals surface area contributed by atoms with Crippen molar-refractivity contribution in [2.45, 2.75) is 0 Å². The predicted octanol–water partition coefficient (Wildman–Crippen LogP) is 14.0. The lowest BCUT2D eigenvalue weighted by molar-refractivity contribution is 1.13. The summed E-state index contributed by atoms with van der Waals surface area (Å²) in [7, 11) is -3.02. The van der Waals surface area contributed by atoms with Gasteiger partial charge in [-0.25, -0.2) is 0 Å². The van der Waals surface area contributed by atoms with Gasteiger partial charge in [0.2, 0.25) is 0 Å². The molecular formula is C66H45N3Si. The van der Waals surface area contributed by atoms with E-state index in [1.54, 1.807) is 0 Å². The standard InChI is InChI=1S/C66H45N3Si/c1-5-23-46(24-6-1)51-31-13-17-36-57(51)69-60-39-20-16-34-54(60)55-35-21-41-62(66(55)69)68-61-40-22-42-64(70(48-25-7-2-8-26-48,49-27-9-3-10-28-49)50-29-11-4-12-30-50)65(61)56-44-43-47(45-63(56)68)67-58-37-18-14-32-52(58)53-33-15-19-38-59(53)67/h1-45H. The molecule has 3 heterocycles. The van der Waals surface area contributed by atoms with E-state index in [1.807, 2.05) is 0 Å². The van der Waals surface area contributed by atoms with E-state index in [4.69, 9.17) is 0 Å². The Morgan fingerprint density at radius 2 is 0.729 bits per heavy atom. The Morgan fingerprint density at radius 3 is 1.34 bits per heavy atom. The zero-order chi connectivity index (χ0) is 46.2. The zero-order valence-electron chi connectivity index (χ0n) is 38.3. The van der Waals surface area contributed by atoms with Crippen LogP contribution in [0.4, 0.5) is 0 Å². The van der Waals surface area contributed by atoms with Gasteiger partial charge in [0, 0.05) is 43.6 Å². The smallest absolute Gasteiger partial charge is 0.180 e. The number of aromatic nitrogens is 3. The average molecular weight is 908 g/mol. The second-order valence-electron chi connectivity index (χ2n) is 18.4. The predicted molar refractivity (Wildman–Crippen MR) is 299 cm³/mol. The van der Waals surface area contributed by atoms with Crippen LogP contribution >= 0.6 is 0 Å². The highest BCUT2D eigenvalue weighted by Crippen LogP contribution is 2.42. The van der Waals surface area contributed by atoms with Gasteiger partial charge < -0.3 is 13.7 Å². The Labute approximate surface area is 407 Å². The minimum Gasteiger partial charge on any atom is -0.309 e. The number of rotatable bonds is 8. The molecule has 4 heteroatoms. The number of hydrogen-bond acceptors (Lipinski definition) is 0. The van der Waals surface area contributed by atoms with Crippen molar-refractivity contribution in [2.24, 2.45) is 0 Å². The van der Waals surface area contributed by atoms with Gasteiger partial charge in [-0.2, -0.15) is 0 Å². The fourth-order valence-electron chi connectivity index (χ4n) is 12.0. The van der Waals surface area contributed by atoms with E-state index in [0.29, 0.717) is 0 Å². The Hall–Kier alpha value is -8.96. The summed E-state index contributed by atoms with van der Waals surface area (Å²) >= 11 is 0. The third kappa shape index (κ3) is 5.87. The van der Waals surface area contributed by atoms with Gasteiger partial charge in [0.1, 0.15) is 0 Å². The van der Waals surface area contributed by atoms with E-state index < -0.39 is 8.07 Å². The van der Waals surface area contributed by atoms with Crippen LogP contribution in [0.1, 0.15) is 0 Å². The molecule has 14 aromatic rings. The maximum atomic E-state index is 2.59. The van der Waals surface area contributed by atoms with E-state index in [9.17, 15) is 0 Å². The minimum atomic E-state index is -3.02. The van der Waals surface area contributed by atoms with Crippen molar-refractivity contribution < 1.29 is 0 Å².